The molecule has 1 aromatic heterocycles. The fourth-order valence-corrected chi connectivity index (χ4v) is 5.10. The van der Waals surface area contributed by atoms with Gasteiger partial charge in [-0.3, -0.25) is 4.79 Å². The van der Waals surface area contributed by atoms with Gasteiger partial charge in [-0.1, -0.05) is 76.6 Å². The van der Waals surface area contributed by atoms with Crippen molar-refractivity contribution >= 4 is 26.9 Å². The Bertz CT molecular complexity index is 1620. The van der Waals surface area contributed by atoms with Crippen molar-refractivity contribution < 1.29 is 23.7 Å². The molecule has 0 fully saturated rings. The van der Waals surface area contributed by atoms with Crippen LogP contribution in [0.4, 0.5) is 0 Å². The molecule has 0 spiro atoms. The first-order valence-electron chi connectivity index (χ1n) is 12.7. The highest BCUT2D eigenvalue weighted by Gasteiger charge is 2.46. The van der Waals surface area contributed by atoms with Crippen LogP contribution in [0, 0.1) is 0 Å². The summed E-state index contributed by atoms with van der Waals surface area (Å²) < 4.78 is 25.1. The van der Waals surface area contributed by atoms with E-state index in [4.69, 9.17) is 18.6 Å². The lowest BCUT2D eigenvalue weighted by atomic mass is 9.97. The van der Waals surface area contributed by atoms with E-state index < -0.39 is 17.0 Å². The molecule has 4 aromatic carbocycles. The van der Waals surface area contributed by atoms with Gasteiger partial charge in [0.05, 0.1) is 12.0 Å². The fraction of sp³-hybridized carbons (Fsp3) is 0.156. The largest absolute Gasteiger partial charge is 0.502 e. The predicted molar refractivity (Wildman–Crippen MR) is 153 cm³/mol. The van der Waals surface area contributed by atoms with Crippen molar-refractivity contribution in [3.05, 3.63) is 118 Å². The molecule has 6 nitrogen and oxygen atoms in total. The number of fused-ring (bicyclic) bond motifs is 3. The lowest BCUT2D eigenvalue weighted by Gasteiger charge is -2.28. The summed E-state index contributed by atoms with van der Waals surface area (Å²) in [5.41, 5.74) is 1.76. The second-order valence-electron chi connectivity index (χ2n) is 9.20. The molecule has 0 aliphatic carbocycles. The van der Waals surface area contributed by atoms with E-state index in [1.54, 1.807) is 36.4 Å². The van der Waals surface area contributed by atoms with E-state index in [0.29, 0.717) is 29.4 Å². The molecule has 0 saturated carbocycles. The predicted octanol–water partition coefficient (Wildman–Crippen LogP) is 7.39. The molecule has 6 rings (SSSR count). The molecule has 39 heavy (non-hydrogen) atoms. The quantitative estimate of drug-likeness (QED) is 0.151. The molecule has 5 aromatic rings. The lowest BCUT2D eigenvalue weighted by Crippen LogP contribution is -2.36. The van der Waals surface area contributed by atoms with Gasteiger partial charge in [0.1, 0.15) is 5.75 Å². The minimum absolute atomic E-state index is 0.0484. The zero-order valence-electron chi connectivity index (χ0n) is 20.9. The van der Waals surface area contributed by atoms with Gasteiger partial charge < -0.3 is 23.7 Å². The summed E-state index contributed by atoms with van der Waals surface area (Å²) in [4.78, 5) is 13.3. The monoisotopic (exact) mass is 584 g/mol. The van der Waals surface area contributed by atoms with E-state index in [9.17, 15) is 9.90 Å². The maximum atomic E-state index is 13.3. The molecule has 0 saturated heterocycles. The van der Waals surface area contributed by atoms with Crippen LogP contribution in [0.25, 0.3) is 22.3 Å². The summed E-state index contributed by atoms with van der Waals surface area (Å²) in [5.74, 6) is -0.266. The number of ether oxygens (including phenoxy) is 3. The number of benzene rings is 4. The van der Waals surface area contributed by atoms with Crippen LogP contribution >= 0.6 is 15.9 Å². The average molecular weight is 585 g/mol. The Hall–Kier alpha value is -4.23. The van der Waals surface area contributed by atoms with Gasteiger partial charge in [-0.05, 0) is 49.2 Å². The van der Waals surface area contributed by atoms with E-state index >= 15 is 0 Å². The van der Waals surface area contributed by atoms with Crippen molar-refractivity contribution in [2.45, 2.75) is 18.6 Å². The number of halogens is 1. The molecular formula is C32H25BrO6. The third-order valence-corrected chi connectivity index (χ3v) is 7.24. The van der Waals surface area contributed by atoms with E-state index in [1.165, 1.54) is 0 Å². The molecule has 0 bridgehead atoms. The molecule has 1 aliphatic heterocycles. The number of rotatable bonds is 8. The Morgan fingerprint density at radius 3 is 2.10 bits per heavy atom. The minimum Gasteiger partial charge on any atom is -0.502 e. The SMILES string of the molecule is O=c1c(O)c(-c2ccc(OCCCCBr)cc2)oc2c3c(ccc12)OC(c1ccccc1)(c1ccccc1)O3. The second-order valence-corrected chi connectivity index (χ2v) is 9.99. The standard InChI is InChI=1S/C32H25BrO6/c33-19-7-8-20-36-24-15-13-21(14-16-24)29-28(35)27(34)25-17-18-26-31(30(25)37-29)39-32(38-26,22-9-3-1-4-10-22)23-11-5-2-6-12-23/h1-6,9-18,35H,7-8,19-20H2. The van der Waals surface area contributed by atoms with Gasteiger partial charge in [0.15, 0.2) is 17.1 Å². The van der Waals surface area contributed by atoms with Crippen LogP contribution < -0.4 is 19.6 Å². The molecule has 0 atom stereocenters. The van der Waals surface area contributed by atoms with Crippen molar-refractivity contribution in [1.29, 1.82) is 0 Å². The van der Waals surface area contributed by atoms with Gasteiger partial charge in [0.25, 0.3) is 0 Å². The second kappa shape index (κ2) is 10.5. The normalized spacial score (nSPS) is 13.5. The number of hydrogen-bond donors (Lipinski definition) is 1. The Morgan fingerprint density at radius 2 is 1.46 bits per heavy atom. The van der Waals surface area contributed by atoms with Gasteiger partial charge in [0.2, 0.25) is 16.9 Å². The van der Waals surface area contributed by atoms with Crippen LogP contribution in [0.1, 0.15) is 24.0 Å². The summed E-state index contributed by atoms with van der Waals surface area (Å²) in [7, 11) is 0. The zero-order chi connectivity index (χ0) is 26.8. The maximum Gasteiger partial charge on any atom is 0.305 e. The van der Waals surface area contributed by atoms with Crippen molar-refractivity contribution in [3.8, 4) is 34.3 Å². The Morgan fingerprint density at radius 1 is 0.795 bits per heavy atom. The van der Waals surface area contributed by atoms with E-state index in [1.807, 2.05) is 60.7 Å². The number of aromatic hydroxyl groups is 1. The Labute approximate surface area is 233 Å². The molecule has 0 unspecified atom stereocenters. The first-order chi connectivity index (χ1) is 19.1. The van der Waals surface area contributed by atoms with Gasteiger partial charge in [-0.2, -0.15) is 0 Å². The van der Waals surface area contributed by atoms with Crippen LogP contribution in [0.5, 0.6) is 23.0 Å². The molecule has 0 amide bonds. The average Bonchev–Trinajstić information content (AvgIpc) is 3.40. The number of alkyl halides is 1. The van der Waals surface area contributed by atoms with Crippen molar-refractivity contribution in [3.63, 3.8) is 0 Å². The van der Waals surface area contributed by atoms with Crippen LogP contribution in [0.3, 0.4) is 0 Å². The van der Waals surface area contributed by atoms with Gasteiger partial charge in [-0.15, -0.1) is 0 Å². The fourth-order valence-electron chi connectivity index (χ4n) is 4.70. The van der Waals surface area contributed by atoms with Crippen molar-refractivity contribution in [2.24, 2.45) is 0 Å². The van der Waals surface area contributed by atoms with E-state index in [0.717, 1.165) is 29.3 Å². The molecule has 1 N–H and O–H groups in total. The molecular weight excluding hydrogens is 560 g/mol. The molecule has 0 radical (unpaired) electrons. The van der Waals surface area contributed by atoms with Crippen LogP contribution in [0.15, 0.2) is 106 Å². The first-order valence-corrected chi connectivity index (χ1v) is 13.8. The molecule has 7 heteroatoms. The van der Waals surface area contributed by atoms with Gasteiger partial charge >= 0.3 is 5.79 Å². The summed E-state index contributed by atoms with van der Waals surface area (Å²) in [6.45, 7) is 0.606. The number of unbranched alkanes of at least 4 members (excludes halogenated alkanes) is 1. The summed E-state index contributed by atoms with van der Waals surface area (Å²) in [6, 6.07) is 29.6. The highest BCUT2D eigenvalue weighted by Crippen LogP contribution is 2.51. The topological polar surface area (TPSA) is 78.1 Å². The van der Waals surface area contributed by atoms with Crippen molar-refractivity contribution in [1.82, 2.24) is 0 Å². The number of hydrogen-bond acceptors (Lipinski definition) is 6. The van der Waals surface area contributed by atoms with E-state index in [-0.39, 0.29) is 16.7 Å². The zero-order valence-corrected chi connectivity index (χ0v) is 22.5. The third kappa shape index (κ3) is 4.53. The highest BCUT2D eigenvalue weighted by atomic mass is 79.9. The van der Waals surface area contributed by atoms with Crippen LogP contribution in [-0.4, -0.2) is 17.0 Å². The van der Waals surface area contributed by atoms with Crippen LogP contribution in [0.2, 0.25) is 0 Å². The highest BCUT2D eigenvalue weighted by molar-refractivity contribution is 9.09. The summed E-state index contributed by atoms with van der Waals surface area (Å²) in [6.07, 6.45) is 1.97. The molecule has 2 heterocycles. The molecule has 196 valence electrons. The minimum atomic E-state index is -1.27. The van der Waals surface area contributed by atoms with Gasteiger partial charge in [-0.25, -0.2) is 0 Å². The summed E-state index contributed by atoms with van der Waals surface area (Å²) >= 11 is 3.42. The third-order valence-electron chi connectivity index (χ3n) is 6.68. The first kappa shape index (κ1) is 25.1. The Kier molecular flexibility index (Phi) is 6.75. The summed E-state index contributed by atoms with van der Waals surface area (Å²) in [5, 5.41) is 11.9. The Balaban J connectivity index is 1.43. The van der Waals surface area contributed by atoms with Gasteiger partial charge in [0, 0.05) is 22.0 Å². The lowest BCUT2D eigenvalue weighted by molar-refractivity contribution is -0.0456. The van der Waals surface area contributed by atoms with Crippen LogP contribution in [-0.2, 0) is 5.79 Å². The van der Waals surface area contributed by atoms with E-state index in [2.05, 4.69) is 15.9 Å². The molecule has 1 aliphatic rings. The maximum absolute atomic E-state index is 13.3. The smallest absolute Gasteiger partial charge is 0.305 e. The van der Waals surface area contributed by atoms with Crippen molar-refractivity contribution in [2.75, 3.05) is 11.9 Å².